The van der Waals surface area contributed by atoms with E-state index in [1.54, 1.807) is 11.1 Å². The van der Waals surface area contributed by atoms with Gasteiger partial charge in [-0.3, -0.25) is 0 Å². The fourth-order valence-electron chi connectivity index (χ4n) is 5.26. The Kier molecular flexibility index (Phi) is 5.98. The van der Waals surface area contributed by atoms with E-state index in [4.69, 9.17) is 0 Å². The molecular weight excluding hydrogens is 326 g/mol. The van der Waals surface area contributed by atoms with Gasteiger partial charge in [0.2, 0.25) is 0 Å². The van der Waals surface area contributed by atoms with E-state index in [-0.39, 0.29) is 0 Å². The van der Waals surface area contributed by atoms with Crippen molar-refractivity contribution in [1.29, 1.82) is 0 Å². The molecule has 0 spiro atoms. The molecule has 1 fully saturated rings. The van der Waals surface area contributed by atoms with E-state index in [1.165, 1.54) is 56.2 Å². The van der Waals surface area contributed by atoms with Crippen LogP contribution in [0.5, 0.6) is 0 Å². The number of rotatable bonds is 5. The van der Waals surface area contributed by atoms with Gasteiger partial charge < -0.3 is 5.32 Å². The summed E-state index contributed by atoms with van der Waals surface area (Å²) in [5, 5.41) is 4.03. The summed E-state index contributed by atoms with van der Waals surface area (Å²) in [6.45, 7) is 5.85. The molecule has 2 aliphatic rings. The summed E-state index contributed by atoms with van der Waals surface area (Å²) >= 11 is 0. The highest BCUT2D eigenvalue weighted by Crippen LogP contribution is 2.36. The first kappa shape index (κ1) is 18.7. The largest absolute Gasteiger partial charge is 0.313 e. The molecule has 2 aromatic carbocycles. The summed E-state index contributed by atoms with van der Waals surface area (Å²) in [5.41, 5.74) is 6.04. The maximum absolute atomic E-state index is 4.03. The van der Waals surface area contributed by atoms with Gasteiger partial charge in [-0.2, -0.15) is 0 Å². The first-order chi connectivity index (χ1) is 13.2. The molecule has 2 atom stereocenters. The Morgan fingerprint density at radius 1 is 0.926 bits per heavy atom. The molecule has 2 unspecified atom stereocenters. The lowest BCUT2D eigenvalue weighted by molar-refractivity contribution is 0.262. The van der Waals surface area contributed by atoms with Crippen molar-refractivity contribution in [2.45, 2.75) is 70.8 Å². The van der Waals surface area contributed by atoms with E-state index in [0.29, 0.717) is 12.0 Å². The van der Waals surface area contributed by atoms with Crippen LogP contribution in [0.4, 0.5) is 0 Å². The minimum atomic E-state index is 0.597. The van der Waals surface area contributed by atoms with Gasteiger partial charge in [0.15, 0.2) is 0 Å². The number of nitrogens with one attached hydrogen (secondary N) is 1. The number of benzene rings is 2. The second-order valence-electron chi connectivity index (χ2n) is 9.18. The maximum atomic E-state index is 4.03. The van der Waals surface area contributed by atoms with Crippen LogP contribution < -0.4 is 5.32 Å². The molecule has 4 rings (SSSR count). The van der Waals surface area contributed by atoms with Crippen molar-refractivity contribution in [3.63, 3.8) is 0 Å². The molecule has 0 bridgehead atoms. The zero-order chi connectivity index (χ0) is 18.6. The van der Waals surface area contributed by atoms with Crippen molar-refractivity contribution < 1.29 is 0 Å². The van der Waals surface area contributed by atoms with Crippen LogP contribution in [0.1, 0.15) is 67.2 Å². The molecule has 0 radical (unpaired) electrons. The fraction of sp³-hybridized carbons (Fsp3) is 0.538. The molecule has 144 valence electrons. The first-order valence-electron chi connectivity index (χ1n) is 11.1. The number of hydrogen-bond donors (Lipinski definition) is 1. The van der Waals surface area contributed by atoms with Crippen molar-refractivity contribution >= 4 is 0 Å². The minimum Gasteiger partial charge on any atom is -0.313 e. The third kappa shape index (κ3) is 4.63. The number of fused-ring (bicyclic) bond motifs is 1. The molecule has 0 heterocycles. The van der Waals surface area contributed by atoms with Gasteiger partial charge in [-0.15, -0.1) is 0 Å². The SMILES string of the molecule is Cc1ccc2c(c1)CCC(NCC1CCC(C)CC1)C2Cc1ccccc1. The van der Waals surface area contributed by atoms with Crippen molar-refractivity contribution in [1.82, 2.24) is 5.32 Å². The van der Waals surface area contributed by atoms with E-state index in [9.17, 15) is 0 Å². The highest BCUT2D eigenvalue weighted by molar-refractivity contribution is 5.38. The summed E-state index contributed by atoms with van der Waals surface area (Å²) in [6.07, 6.45) is 9.33. The third-order valence-electron chi connectivity index (χ3n) is 7.01. The molecule has 27 heavy (non-hydrogen) atoms. The van der Waals surface area contributed by atoms with Crippen LogP contribution in [0, 0.1) is 18.8 Å². The summed E-state index contributed by atoms with van der Waals surface area (Å²) in [7, 11) is 0. The number of hydrogen-bond acceptors (Lipinski definition) is 1. The van der Waals surface area contributed by atoms with E-state index >= 15 is 0 Å². The van der Waals surface area contributed by atoms with Gasteiger partial charge in [0, 0.05) is 12.0 Å². The molecule has 2 aromatic rings. The normalized spacial score (nSPS) is 27.9. The molecule has 2 aliphatic carbocycles. The summed E-state index contributed by atoms with van der Waals surface area (Å²) < 4.78 is 0. The topological polar surface area (TPSA) is 12.0 Å². The van der Waals surface area contributed by atoms with Crippen molar-refractivity contribution in [2.75, 3.05) is 6.54 Å². The van der Waals surface area contributed by atoms with E-state index in [1.807, 2.05) is 0 Å². The van der Waals surface area contributed by atoms with Crippen molar-refractivity contribution in [3.8, 4) is 0 Å². The van der Waals surface area contributed by atoms with Gasteiger partial charge in [-0.05, 0) is 74.1 Å². The molecule has 0 saturated heterocycles. The van der Waals surface area contributed by atoms with Crippen LogP contribution in [-0.4, -0.2) is 12.6 Å². The van der Waals surface area contributed by atoms with Gasteiger partial charge in [-0.1, -0.05) is 73.9 Å². The lowest BCUT2D eigenvalue weighted by atomic mass is 9.75. The molecule has 1 nitrogen and oxygen atoms in total. The molecule has 0 aliphatic heterocycles. The van der Waals surface area contributed by atoms with Crippen molar-refractivity contribution in [3.05, 3.63) is 70.8 Å². The number of aryl methyl sites for hydroxylation is 2. The lowest BCUT2D eigenvalue weighted by Gasteiger charge is -2.36. The zero-order valence-electron chi connectivity index (χ0n) is 17.1. The van der Waals surface area contributed by atoms with Crippen molar-refractivity contribution in [2.24, 2.45) is 11.8 Å². The summed E-state index contributed by atoms with van der Waals surface area (Å²) in [5.74, 6) is 2.43. The highest BCUT2D eigenvalue weighted by atomic mass is 14.9. The molecule has 1 saturated carbocycles. The molecular formula is C26H35N. The van der Waals surface area contributed by atoms with Gasteiger partial charge >= 0.3 is 0 Å². The Morgan fingerprint density at radius 2 is 1.70 bits per heavy atom. The second-order valence-corrected chi connectivity index (χ2v) is 9.18. The fourth-order valence-corrected chi connectivity index (χ4v) is 5.26. The van der Waals surface area contributed by atoms with Crippen LogP contribution in [0.25, 0.3) is 0 Å². The predicted molar refractivity (Wildman–Crippen MR) is 115 cm³/mol. The van der Waals surface area contributed by atoms with Crippen LogP contribution in [-0.2, 0) is 12.8 Å². The first-order valence-corrected chi connectivity index (χ1v) is 11.1. The average Bonchev–Trinajstić information content (AvgIpc) is 2.69. The Hall–Kier alpha value is -1.60. The van der Waals surface area contributed by atoms with Crippen LogP contribution in [0.3, 0.4) is 0 Å². The van der Waals surface area contributed by atoms with Gasteiger partial charge in [0.1, 0.15) is 0 Å². The maximum Gasteiger partial charge on any atom is 0.0142 e. The molecule has 1 N–H and O–H groups in total. The smallest absolute Gasteiger partial charge is 0.0142 e. The van der Waals surface area contributed by atoms with E-state index in [2.05, 4.69) is 67.7 Å². The summed E-state index contributed by atoms with van der Waals surface area (Å²) in [4.78, 5) is 0. The van der Waals surface area contributed by atoms with E-state index in [0.717, 1.165) is 18.3 Å². The van der Waals surface area contributed by atoms with Crippen LogP contribution in [0.2, 0.25) is 0 Å². The monoisotopic (exact) mass is 361 g/mol. The second kappa shape index (κ2) is 8.61. The Bertz CT molecular complexity index is 727. The molecule has 0 aromatic heterocycles. The average molecular weight is 362 g/mol. The lowest BCUT2D eigenvalue weighted by Crippen LogP contribution is -2.42. The van der Waals surface area contributed by atoms with Crippen LogP contribution in [0.15, 0.2) is 48.5 Å². The quantitative estimate of drug-likeness (QED) is 0.683. The standard InChI is InChI=1S/C26H35N/c1-19-8-11-22(12-9-19)18-27-26-15-13-23-16-20(2)10-14-24(23)25(26)17-21-6-4-3-5-7-21/h3-7,10,14,16,19,22,25-27H,8-9,11-13,15,17-18H2,1-2H3. The summed E-state index contributed by atoms with van der Waals surface area (Å²) in [6, 6.07) is 18.8. The molecule has 1 heteroatoms. The third-order valence-corrected chi connectivity index (χ3v) is 7.01. The van der Waals surface area contributed by atoms with E-state index < -0.39 is 0 Å². The van der Waals surface area contributed by atoms with Gasteiger partial charge in [-0.25, -0.2) is 0 Å². The minimum absolute atomic E-state index is 0.597. The highest BCUT2D eigenvalue weighted by Gasteiger charge is 2.30. The molecule has 0 amide bonds. The Balaban J connectivity index is 1.49. The Labute approximate surface area is 165 Å². The zero-order valence-corrected chi connectivity index (χ0v) is 17.1. The Morgan fingerprint density at radius 3 is 2.48 bits per heavy atom. The van der Waals surface area contributed by atoms with Gasteiger partial charge in [0.05, 0.1) is 0 Å². The van der Waals surface area contributed by atoms with Crippen LogP contribution >= 0.6 is 0 Å². The predicted octanol–water partition coefficient (Wildman–Crippen LogP) is 6.05. The van der Waals surface area contributed by atoms with Gasteiger partial charge in [0.25, 0.3) is 0 Å².